The molecule has 3 heteroatoms. The third kappa shape index (κ3) is 3.55. The predicted octanol–water partition coefficient (Wildman–Crippen LogP) is 4.07. The number of carbonyl (C=O) groups excluding carboxylic acids is 1. The zero-order valence-corrected chi connectivity index (χ0v) is 13.6. The second kappa shape index (κ2) is 7.32. The Labute approximate surface area is 137 Å². The molecule has 0 bridgehead atoms. The summed E-state index contributed by atoms with van der Waals surface area (Å²) in [5.74, 6) is 0.970. The van der Waals surface area contributed by atoms with Crippen molar-refractivity contribution in [3.63, 3.8) is 0 Å². The molecule has 3 rings (SSSR count). The van der Waals surface area contributed by atoms with Gasteiger partial charge < -0.3 is 9.64 Å². The summed E-state index contributed by atoms with van der Waals surface area (Å²) >= 11 is 0. The lowest BCUT2D eigenvalue weighted by Gasteiger charge is -2.30. The molecule has 2 aromatic carbocycles. The molecule has 23 heavy (non-hydrogen) atoms. The largest absolute Gasteiger partial charge is 0.492 e. The molecule has 0 aromatic heterocycles. The van der Waals surface area contributed by atoms with Crippen molar-refractivity contribution in [2.24, 2.45) is 5.92 Å². The molecule has 0 N–H and O–H groups in total. The number of amides is 1. The molecule has 1 atom stereocenters. The van der Waals surface area contributed by atoms with Crippen LogP contribution in [0.3, 0.4) is 0 Å². The highest BCUT2D eigenvalue weighted by atomic mass is 16.5. The molecule has 0 saturated carbocycles. The molecule has 1 unspecified atom stereocenters. The van der Waals surface area contributed by atoms with Gasteiger partial charge >= 0.3 is 0 Å². The number of hydrogen-bond donors (Lipinski definition) is 0. The van der Waals surface area contributed by atoms with Crippen molar-refractivity contribution < 1.29 is 9.53 Å². The maximum absolute atomic E-state index is 13.1. The summed E-state index contributed by atoms with van der Waals surface area (Å²) in [6, 6.07) is 17.9. The lowest BCUT2D eigenvalue weighted by atomic mass is 9.95. The van der Waals surface area contributed by atoms with Crippen LogP contribution in [0, 0.1) is 5.92 Å². The fourth-order valence-corrected chi connectivity index (χ4v) is 3.00. The van der Waals surface area contributed by atoms with E-state index in [1.807, 2.05) is 59.5 Å². The number of benzene rings is 2. The van der Waals surface area contributed by atoms with Gasteiger partial charge in [0.1, 0.15) is 12.4 Å². The van der Waals surface area contributed by atoms with Crippen molar-refractivity contribution in [3.8, 4) is 5.75 Å². The first-order valence-electron chi connectivity index (χ1n) is 8.36. The van der Waals surface area contributed by atoms with Gasteiger partial charge in [0.15, 0.2) is 0 Å². The number of fused-ring (bicyclic) bond motifs is 1. The van der Waals surface area contributed by atoms with Crippen LogP contribution in [-0.2, 0) is 11.2 Å². The zero-order chi connectivity index (χ0) is 16.1. The smallest absolute Gasteiger partial charge is 0.233 e. The van der Waals surface area contributed by atoms with Gasteiger partial charge in [-0.25, -0.2) is 0 Å². The first-order valence-corrected chi connectivity index (χ1v) is 8.36. The van der Waals surface area contributed by atoms with Crippen molar-refractivity contribution in [3.05, 3.63) is 60.2 Å². The van der Waals surface area contributed by atoms with Crippen molar-refractivity contribution in [1.29, 1.82) is 0 Å². The number of para-hydroxylation sites is 2. The summed E-state index contributed by atoms with van der Waals surface area (Å²) < 4.78 is 5.80. The molecular weight excluding hydrogens is 286 g/mol. The quantitative estimate of drug-likeness (QED) is 0.833. The van der Waals surface area contributed by atoms with E-state index in [2.05, 4.69) is 6.92 Å². The third-order valence-corrected chi connectivity index (χ3v) is 4.30. The molecule has 0 fully saturated rings. The second-order valence-corrected chi connectivity index (χ2v) is 6.00. The van der Waals surface area contributed by atoms with Crippen molar-refractivity contribution in [1.82, 2.24) is 0 Å². The molecule has 0 saturated heterocycles. The Morgan fingerprint density at radius 2 is 1.87 bits per heavy atom. The topological polar surface area (TPSA) is 29.5 Å². The van der Waals surface area contributed by atoms with Crippen LogP contribution in [-0.4, -0.2) is 19.1 Å². The van der Waals surface area contributed by atoms with E-state index in [-0.39, 0.29) is 11.8 Å². The van der Waals surface area contributed by atoms with Crippen LogP contribution in [0.25, 0.3) is 0 Å². The van der Waals surface area contributed by atoms with E-state index in [1.165, 1.54) is 0 Å². The van der Waals surface area contributed by atoms with Gasteiger partial charge in [0.25, 0.3) is 0 Å². The molecule has 3 nitrogen and oxygen atoms in total. The minimum absolute atomic E-state index is 0.109. The van der Waals surface area contributed by atoms with Gasteiger partial charge in [0.05, 0.1) is 5.92 Å². The molecule has 0 aliphatic carbocycles. The van der Waals surface area contributed by atoms with E-state index < -0.39 is 0 Å². The Morgan fingerprint density at radius 1 is 1.13 bits per heavy atom. The highest BCUT2D eigenvalue weighted by Crippen LogP contribution is 2.29. The minimum Gasteiger partial charge on any atom is -0.492 e. The number of ether oxygens (including phenoxy) is 1. The summed E-state index contributed by atoms with van der Waals surface area (Å²) in [5.41, 5.74) is 2.10. The normalized spacial score (nSPS) is 16.3. The Balaban J connectivity index is 1.79. The summed E-state index contributed by atoms with van der Waals surface area (Å²) in [7, 11) is 0. The van der Waals surface area contributed by atoms with Crippen LogP contribution < -0.4 is 9.64 Å². The van der Waals surface area contributed by atoms with E-state index >= 15 is 0 Å². The van der Waals surface area contributed by atoms with Gasteiger partial charge in [0, 0.05) is 12.2 Å². The molecule has 0 spiro atoms. The number of nitrogens with zero attached hydrogens (tertiary/aromatic N) is 1. The van der Waals surface area contributed by atoms with E-state index in [0.717, 1.165) is 42.8 Å². The first kappa shape index (κ1) is 15.6. The number of unbranched alkanes of at least 4 members (excludes halogenated alkanes) is 1. The van der Waals surface area contributed by atoms with Crippen molar-refractivity contribution >= 4 is 11.6 Å². The molecule has 0 radical (unpaired) electrons. The van der Waals surface area contributed by atoms with Gasteiger partial charge in [-0.3, -0.25) is 4.79 Å². The summed E-state index contributed by atoms with van der Waals surface area (Å²) in [4.78, 5) is 15.0. The highest BCUT2D eigenvalue weighted by Gasteiger charge is 2.29. The van der Waals surface area contributed by atoms with Gasteiger partial charge in [-0.15, -0.1) is 0 Å². The van der Waals surface area contributed by atoms with E-state index in [0.29, 0.717) is 6.61 Å². The van der Waals surface area contributed by atoms with E-state index in [1.54, 1.807) is 0 Å². The van der Waals surface area contributed by atoms with Gasteiger partial charge in [-0.05, 0) is 36.6 Å². The highest BCUT2D eigenvalue weighted by molar-refractivity contribution is 5.95. The first-order chi connectivity index (χ1) is 11.3. The molecule has 1 heterocycles. The average molecular weight is 309 g/mol. The van der Waals surface area contributed by atoms with Gasteiger partial charge in [-0.2, -0.15) is 0 Å². The Bertz CT molecular complexity index is 654. The number of carbonyl (C=O) groups is 1. The summed E-state index contributed by atoms with van der Waals surface area (Å²) in [6.07, 6.45) is 2.83. The van der Waals surface area contributed by atoms with Crippen LogP contribution in [0.15, 0.2) is 54.6 Å². The predicted molar refractivity (Wildman–Crippen MR) is 92.8 cm³/mol. The second-order valence-electron chi connectivity index (χ2n) is 6.00. The number of hydrogen-bond acceptors (Lipinski definition) is 2. The van der Waals surface area contributed by atoms with E-state index in [9.17, 15) is 4.79 Å². The van der Waals surface area contributed by atoms with Crippen LogP contribution in [0.1, 0.15) is 25.3 Å². The lowest BCUT2D eigenvalue weighted by molar-refractivity contribution is -0.123. The van der Waals surface area contributed by atoms with Crippen LogP contribution in [0.2, 0.25) is 0 Å². The van der Waals surface area contributed by atoms with Crippen molar-refractivity contribution in [2.45, 2.75) is 26.2 Å². The Morgan fingerprint density at radius 3 is 2.65 bits per heavy atom. The molecule has 120 valence electrons. The van der Waals surface area contributed by atoms with Crippen molar-refractivity contribution in [2.75, 3.05) is 18.1 Å². The SMILES string of the molecule is CCCCN(C(=O)C1COc2ccccc2C1)c1ccccc1. The van der Waals surface area contributed by atoms with Gasteiger partial charge in [-0.1, -0.05) is 49.7 Å². The summed E-state index contributed by atoms with van der Waals surface area (Å²) in [5, 5.41) is 0. The fourth-order valence-electron chi connectivity index (χ4n) is 3.00. The lowest BCUT2D eigenvalue weighted by Crippen LogP contribution is -2.41. The van der Waals surface area contributed by atoms with Crippen LogP contribution in [0.4, 0.5) is 5.69 Å². The standard InChI is InChI=1S/C20H23NO2/c1-2-3-13-21(18-10-5-4-6-11-18)20(22)17-14-16-9-7-8-12-19(16)23-15-17/h4-12,17H,2-3,13-15H2,1H3. The van der Waals surface area contributed by atoms with Gasteiger partial charge in [0.2, 0.25) is 5.91 Å². The number of anilines is 1. The molecule has 1 amide bonds. The monoisotopic (exact) mass is 309 g/mol. The van der Waals surface area contributed by atoms with E-state index in [4.69, 9.17) is 4.74 Å². The zero-order valence-electron chi connectivity index (χ0n) is 13.6. The minimum atomic E-state index is -0.109. The molecule has 1 aliphatic rings. The molecule has 1 aliphatic heterocycles. The van der Waals surface area contributed by atoms with Crippen LogP contribution >= 0.6 is 0 Å². The maximum Gasteiger partial charge on any atom is 0.233 e. The Kier molecular flexibility index (Phi) is 4.96. The maximum atomic E-state index is 13.1. The third-order valence-electron chi connectivity index (χ3n) is 4.30. The number of rotatable bonds is 5. The fraction of sp³-hybridized carbons (Fsp3) is 0.350. The molecule has 2 aromatic rings. The molecular formula is C20H23NO2. The average Bonchev–Trinajstić information content (AvgIpc) is 2.62. The Hall–Kier alpha value is -2.29. The summed E-state index contributed by atoms with van der Waals surface area (Å²) in [6.45, 7) is 3.37. The van der Waals surface area contributed by atoms with Crippen LogP contribution in [0.5, 0.6) is 5.75 Å².